The highest BCUT2D eigenvalue weighted by Gasteiger charge is 2.27. The Morgan fingerprint density at radius 1 is 1.42 bits per heavy atom. The highest BCUT2D eigenvalue weighted by Crippen LogP contribution is 2.22. The fourth-order valence-corrected chi connectivity index (χ4v) is 1.47. The molecule has 1 aliphatic carbocycles. The van der Waals surface area contributed by atoms with Crippen molar-refractivity contribution in [3.05, 3.63) is 0 Å². The molecule has 0 aliphatic heterocycles. The zero-order chi connectivity index (χ0) is 8.81. The van der Waals surface area contributed by atoms with Gasteiger partial charge in [-0.3, -0.25) is 0 Å². The van der Waals surface area contributed by atoms with Gasteiger partial charge in [0.15, 0.2) is 0 Å². The first-order chi connectivity index (χ1) is 5.86. The van der Waals surface area contributed by atoms with Crippen molar-refractivity contribution in [1.29, 1.82) is 0 Å². The van der Waals surface area contributed by atoms with Gasteiger partial charge in [0.05, 0.1) is 6.10 Å². The van der Waals surface area contributed by atoms with E-state index in [0.29, 0.717) is 18.8 Å². The molecule has 2 N–H and O–H groups in total. The van der Waals surface area contributed by atoms with Crippen molar-refractivity contribution in [2.45, 2.75) is 37.8 Å². The summed E-state index contributed by atoms with van der Waals surface area (Å²) in [6, 6.07) is 0.661. The molecule has 0 amide bonds. The van der Waals surface area contributed by atoms with Gasteiger partial charge in [-0.15, -0.1) is 0 Å². The Labute approximate surface area is 74.1 Å². The van der Waals surface area contributed by atoms with Crippen LogP contribution >= 0.6 is 0 Å². The third-order valence-corrected chi connectivity index (χ3v) is 2.45. The van der Waals surface area contributed by atoms with E-state index in [2.05, 4.69) is 5.32 Å². The molecule has 0 spiro atoms. The van der Waals surface area contributed by atoms with Gasteiger partial charge in [0.1, 0.15) is 0 Å². The number of hydrogen-bond donors (Lipinski definition) is 2. The van der Waals surface area contributed by atoms with Gasteiger partial charge in [-0.25, -0.2) is 0 Å². The summed E-state index contributed by atoms with van der Waals surface area (Å²) in [6.07, 6.45) is 4.77. The lowest BCUT2D eigenvalue weighted by molar-refractivity contribution is 0.0174. The summed E-state index contributed by atoms with van der Waals surface area (Å²) < 4.78 is 5.16. The van der Waals surface area contributed by atoms with Crippen LogP contribution in [0.1, 0.15) is 25.7 Å². The molecule has 0 saturated heterocycles. The lowest BCUT2D eigenvalue weighted by Crippen LogP contribution is -2.45. The molecular weight excluding hydrogens is 154 g/mol. The molecular formula is C9H19NO2. The van der Waals surface area contributed by atoms with Crippen LogP contribution in [-0.2, 0) is 4.74 Å². The first-order valence-electron chi connectivity index (χ1n) is 4.74. The Morgan fingerprint density at radius 2 is 2.17 bits per heavy atom. The minimum atomic E-state index is 0.313. The number of aliphatic hydroxyl groups is 1. The Hall–Kier alpha value is -0.120. The van der Waals surface area contributed by atoms with Crippen LogP contribution in [0.2, 0.25) is 0 Å². The maximum atomic E-state index is 8.54. The van der Waals surface area contributed by atoms with Crippen molar-refractivity contribution in [2.75, 3.05) is 20.3 Å². The molecule has 0 aromatic carbocycles. The molecule has 0 heterocycles. The molecule has 3 nitrogen and oxygen atoms in total. The molecule has 0 aromatic rings. The topological polar surface area (TPSA) is 41.5 Å². The van der Waals surface area contributed by atoms with Crippen LogP contribution in [0.5, 0.6) is 0 Å². The van der Waals surface area contributed by atoms with Crippen LogP contribution in [0, 0.1) is 0 Å². The zero-order valence-electron chi connectivity index (χ0n) is 7.75. The standard InChI is InChI=1S/C9H19NO2/c1-12-9-6-8(7-9)10-4-2-3-5-11/h8-11H,2-7H2,1H3. The van der Waals surface area contributed by atoms with Crippen molar-refractivity contribution in [2.24, 2.45) is 0 Å². The summed E-state index contributed by atoms with van der Waals surface area (Å²) in [5, 5.41) is 12.0. The molecule has 1 aliphatic rings. The number of aliphatic hydroxyl groups excluding tert-OH is 1. The van der Waals surface area contributed by atoms with E-state index in [-0.39, 0.29) is 0 Å². The van der Waals surface area contributed by atoms with Gasteiger partial charge in [-0.1, -0.05) is 0 Å². The summed E-state index contributed by atoms with van der Waals surface area (Å²) in [7, 11) is 1.77. The van der Waals surface area contributed by atoms with E-state index in [1.165, 1.54) is 0 Å². The van der Waals surface area contributed by atoms with Crippen LogP contribution in [0.3, 0.4) is 0 Å². The summed E-state index contributed by atoms with van der Waals surface area (Å²) in [6.45, 7) is 1.34. The van der Waals surface area contributed by atoms with Gasteiger partial charge < -0.3 is 15.2 Å². The van der Waals surface area contributed by atoms with E-state index >= 15 is 0 Å². The number of rotatable bonds is 6. The summed E-state index contributed by atoms with van der Waals surface area (Å²) in [5.41, 5.74) is 0. The fourth-order valence-electron chi connectivity index (χ4n) is 1.47. The SMILES string of the molecule is COC1CC(NCCCCO)C1. The lowest BCUT2D eigenvalue weighted by atomic mass is 9.89. The average molecular weight is 173 g/mol. The minimum Gasteiger partial charge on any atom is -0.396 e. The molecule has 12 heavy (non-hydrogen) atoms. The van der Waals surface area contributed by atoms with Gasteiger partial charge in [0, 0.05) is 19.8 Å². The third kappa shape index (κ3) is 3.09. The largest absolute Gasteiger partial charge is 0.396 e. The number of unbranched alkanes of at least 4 members (excludes halogenated alkanes) is 1. The van der Waals surface area contributed by atoms with Crippen molar-refractivity contribution < 1.29 is 9.84 Å². The summed E-state index contributed by atoms with van der Waals surface area (Å²) in [5.74, 6) is 0. The maximum Gasteiger partial charge on any atom is 0.0601 e. The van der Waals surface area contributed by atoms with Crippen molar-refractivity contribution in [3.63, 3.8) is 0 Å². The Bertz CT molecular complexity index is 113. The highest BCUT2D eigenvalue weighted by atomic mass is 16.5. The number of hydrogen-bond acceptors (Lipinski definition) is 3. The Kier molecular flexibility index (Phi) is 4.58. The quantitative estimate of drug-likeness (QED) is 0.576. The second-order valence-electron chi connectivity index (χ2n) is 3.41. The number of methoxy groups -OCH3 is 1. The summed E-state index contributed by atoms with van der Waals surface area (Å²) in [4.78, 5) is 0. The smallest absolute Gasteiger partial charge is 0.0601 e. The normalized spacial score (nSPS) is 28.5. The van der Waals surface area contributed by atoms with E-state index in [0.717, 1.165) is 32.2 Å². The molecule has 3 heteroatoms. The minimum absolute atomic E-state index is 0.313. The van der Waals surface area contributed by atoms with E-state index < -0.39 is 0 Å². The molecule has 0 aromatic heterocycles. The maximum absolute atomic E-state index is 8.54. The van der Waals surface area contributed by atoms with Gasteiger partial charge in [0.2, 0.25) is 0 Å². The van der Waals surface area contributed by atoms with Crippen molar-refractivity contribution in [1.82, 2.24) is 5.32 Å². The van der Waals surface area contributed by atoms with Crippen LogP contribution in [0.15, 0.2) is 0 Å². The first-order valence-corrected chi connectivity index (χ1v) is 4.74. The predicted molar refractivity (Wildman–Crippen MR) is 48.1 cm³/mol. The van der Waals surface area contributed by atoms with Crippen LogP contribution in [-0.4, -0.2) is 37.5 Å². The van der Waals surface area contributed by atoms with Crippen molar-refractivity contribution >= 4 is 0 Å². The molecule has 0 bridgehead atoms. The van der Waals surface area contributed by atoms with Gasteiger partial charge in [-0.2, -0.15) is 0 Å². The van der Waals surface area contributed by atoms with Gasteiger partial charge in [0.25, 0.3) is 0 Å². The van der Waals surface area contributed by atoms with E-state index in [4.69, 9.17) is 9.84 Å². The molecule has 72 valence electrons. The molecule has 1 rings (SSSR count). The molecule has 0 unspecified atom stereocenters. The number of ether oxygens (including phenoxy) is 1. The van der Waals surface area contributed by atoms with E-state index in [9.17, 15) is 0 Å². The second-order valence-corrected chi connectivity index (χ2v) is 3.41. The van der Waals surface area contributed by atoms with Crippen molar-refractivity contribution in [3.8, 4) is 0 Å². The summed E-state index contributed by atoms with van der Waals surface area (Å²) >= 11 is 0. The van der Waals surface area contributed by atoms with Gasteiger partial charge >= 0.3 is 0 Å². The zero-order valence-corrected chi connectivity index (χ0v) is 7.75. The average Bonchev–Trinajstić information content (AvgIpc) is 2.01. The fraction of sp³-hybridized carbons (Fsp3) is 1.00. The van der Waals surface area contributed by atoms with E-state index in [1.807, 2.05) is 0 Å². The predicted octanol–water partition coefficient (Wildman–Crippen LogP) is 0.526. The lowest BCUT2D eigenvalue weighted by Gasteiger charge is -2.34. The molecule has 0 radical (unpaired) electrons. The molecule has 0 atom stereocenters. The Morgan fingerprint density at radius 3 is 2.75 bits per heavy atom. The first kappa shape index (κ1) is 9.96. The van der Waals surface area contributed by atoms with E-state index in [1.54, 1.807) is 7.11 Å². The van der Waals surface area contributed by atoms with Crippen LogP contribution in [0.25, 0.3) is 0 Å². The number of nitrogens with one attached hydrogen (secondary N) is 1. The monoisotopic (exact) mass is 173 g/mol. The van der Waals surface area contributed by atoms with Gasteiger partial charge in [-0.05, 0) is 32.2 Å². The van der Waals surface area contributed by atoms with Crippen LogP contribution < -0.4 is 5.32 Å². The molecule has 1 fully saturated rings. The van der Waals surface area contributed by atoms with Crippen LogP contribution in [0.4, 0.5) is 0 Å². The Balaban J connectivity index is 1.83. The molecule has 1 saturated carbocycles. The third-order valence-electron chi connectivity index (χ3n) is 2.45. The second kappa shape index (κ2) is 5.51. The highest BCUT2D eigenvalue weighted by molar-refractivity contribution is 4.85.